The third-order valence-electron chi connectivity index (χ3n) is 2.63. The quantitative estimate of drug-likeness (QED) is 0.619. The second-order valence-corrected chi connectivity index (χ2v) is 3.47. The Morgan fingerprint density at radius 2 is 2.08 bits per heavy atom. The van der Waals surface area contributed by atoms with Crippen molar-refractivity contribution in [2.24, 2.45) is 0 Å². The highest BCUT2D eigenvalue weighted by molar-refractivity contribution is 5.07. The summed E-state index contributed by atoms with van der Waals surface area (Å²) in [4.78, 5) is 2.39. The molecular weight excluding hydrogens is 162 g/mol. The molecule has 0 aromatic rings. The van der Waals surface area contributed by atoms with Crippen LogP contribution in [0, 0.1) is 0 Å². The van der Waals surface area contributed by atoms with Crippen molar-refractivity contribution in [3.8, 4) is 0 Å². The number of methoxy groups -OCH3 is 1. The smallest absolute Gasteiger partial charge is 0.0605 e. The molecule has 1 heterocycles. The Kier molecular flexibility index (Phi) is 4.03. The Hall–Kier alpha value is -0.760. The van der Waals surface area contributed by atoms with Crippen molar-refractivity contribution in [1.29, 1.82) is 0 Å². The molecule has 74 valence electrons. The molecule has 1 rings (SSSR count). The molecular formula is C11H19NO. The molecule has 0 bridgehead atoms. The highest BCUT2D eigenvalue weighted by Gasteiger charge is 2.17. The summed E-state index contributed by atoms with van der Waals surface area (Å²) in [6.07, 6.45) is 6.65. The third-order valence-corrected chi connectivity index (χ3v) is 2.63. The van der Waals surface area contributed by atoms with E-state index >= 15 is 0 Å². The zero-order valence-corrected chi connectivity index (χ0v) is 8.62. The Morgan fingerprint density at radius 3 is 2.54 bits per heavy atom. The molecule has 0 spiro atoms. The minimum Gasteiger partial charge on any atom is -0.381 e. The van der Waals surface area contributed by atoms with Crippen LogP contribution in [0.3, 0.4) is 0 Å². The number of allylic oxidation sites excluding steroid dienone is 3. The average Bonchev–Trinajstić information content (AvgIpc) is 2.18. The Labute approximate surface area is 80.9 Å². The van der Waals surface area contributed by atoms with Gasteiger partial charge in [-0.05, 0) is 25.8 Å². The van der Waals surface area contributed by atoms with E-state index in [-0.39, 0.29) is 0 Å². The van der Waals surface area contributed by atoms with Crippen LogP contribution in [0.15, 0.2) is 24.4 Å². The van der Waals surface area contributed by atoms with E-state index in [0.29, 0.717) is 6.10 Å². The second kappa shape index (κ2) is 5.07. The second-order valence-electron chi connectivity index (χ2n) is 3.47. The summed E-state index contributed by atoms with van der Waals surface area (Å²) in [5, 5.41) is 0. The number of piperidine rings is 1. The molecule has 1 aliphatic heterocycles. The van der Waals surface area contributed by atoms with Gasteiger partial charge in [0, 0.05) is 25.9 Å². The fourth-order valence-electron chi connectivity index (χ4n) is 1.72. The summed E-state index contributed by atoms with van der Waals surface area (Å²) in [6, 6.07) is 0. The summed E-state index contributed by atoms with van der Waals surface area (Å²) in [5.41, 5.74) is 1.31. The van der Waals surface area contributed by atoms with Gasteiger partial charge in [-0.1, -0.05) is 12.7 Å². The molecule has 1 fully saturated rings. The van der Waals surface area contributed by atoms with Crippen LogP contribution in [0.25, 0.3) is 0 Å². The van der Waals surface area contributed by atoms with Gasteiger partial charge < -0.3 is 9.64 Å². The van der Waals surface area contributed by atoms with Crippen LogP contribution < -0.4 is 0 Å². The van der Waals surface area contributed by atoms with Gasteiger partial charge in [-0.2, -0.15) is 0 Å². The molecule has 0 aliphatic carbocycles. The lowest BCUT2D eigenvalue weighted by atomic mass is 10.1. The highest BCUT2D eigenvalue weighted by atomic mass is 16.5. The van der Waals surface area contributed by atoms with Crippen LogP contribution in [-0.2, 0) is 4.74 Å². The zero-order valence-electron chi connectivity index (χ0n) is 8.62. The molecule has 13 heavy (non-hydrogen) atoms. The monoisotopic (exact) mass is 181 g/mol. The first-order valence-electron chi connectivity index (χ1n) is 4.85. The standard InChI is InChI=1S/C11H19NO/c1-4-5-10(2)12-8-6-11(13-3)7-9-12/h4-5,11H,1,6-9H2,2-3H3/b10-5+. The molecule has 0 unspecified atom stereocenters. The summed E-state index contributed by atoms with van der Waals surface area (Å²) in [7, 11) is 1.80. The van der Waals surface area contributed by atoms with E-state index in [1.165, 1.54) is 5.70 Å². The fraction of sp³-hybridized carbons (Fsp3) is 0.636. The van der Waals surface area contributed by atoms with Gasteiger partial charge in [0.25, 0.3) is 0 Å². The van der Waals surface area contributed by atoms with Crippen molar-refractivity contribution < 1.29 is 4.74 Å². The minimum atomic E-state index is 0.466. The first-order chi connectivity index (χ1) is 6.27. The van der Waals surface area contributed by atoms with Crippen LogP contribution in [0.5, 0.6) is 0 Å². The summed E-state index contributed by atoms with van der Waals surface area (Å²) >= 11 is 0. The number of rotatable bonds is 3. The third kappa shape index (κ3) is 2.88. The zero-order chi connectivity index (χ0) is 9.68. The van der Waals surface area contributed by atoms with Gasteiger partial charge in [0.15, 0.2) is 0 Å². The molecule has 0 amide bonds. The fourth-order valence-corrected chi connectivity index (χ4v) is 1.72. The van der Waals surface area contributed by atoms with E-state index in [9.17, 15) is 0 Å². The largest absolute Gasteiger partial charge is 0.381 e. The molecule has 0 aromatic heterocycles. The van der Waals surface area contributed by atoms with E-state index in [1.807, 2.05) is 6.08 Å². The van der Waals surface area contributed by atoms with Crippen molar-refractivity contribution >= 4 is 0 Å². The van der Waals surface area contributed by atoms with Gasteiger partial charge in [0.1, 0.15) is 0 Å². The van der Waals surface area contributed by atoms with Crippen molar-refractivity contribution in [2.75, 3.05) is 20.2 Å². The molecule has 2 nitrogen and oxygen atoms in total. The minimum absolute atomic E-state index is 0.466. The maximum atomic E-state index is 5.31. The van der Waals surface area contributed by atoms with Gasteiger partial charge in [-0.15, -0.1) is 0 Å². The number of hydrogen-bond donors (Lipinski definition) is 0. The van der Waals surface area contributed by atoms with Crippen molar-refractivity contribution in [3.63, 3.8) is 0 Å². The number of nitrogens with zero attached hydrogens (tertiary/aromatic N) is 1. The maximum Gasteiger partial charge on any atom is 0.0605 e. The highest BCUT2D eigenvalue weighted by Crippen LogP contribution is 2.16. The van der Waals surface area contributed by atoms with E-state index in [2.05, 4.69) is 24.5 Å². The number of hydrogen-bond acceptors (Lipinski definition) is 2. The van der Waals surface area contributed by atoms with E-state index in [1.54, 1.807) is 7.11 Å². The Balaban J connectivity index is 2.40. The lowest BCUT2D eigenvalue weighted by Crippen LogP contribution is -2.35. The van der Waals surface area contributed by atoms with Gasteiger partial charge in [-0.3, -0.25) is 0 Å². The topological polar surface area (TPSA) is 12.5 Å². The summed E-state index contributed by atoms with van der Waals surface area (Å²) in [6.45, 7) is 8.04. The van der Waals surface area contributed by atoms with Gasteiger partial charge in [0.05, 0.1) is 6.10 Å². The first kappa shape index (κ1) is 10.3. The molecule has 2 heteroatoms. The van der Waals surface area contributed by atoms with Gasteiger partial charge in [-0.25, -0.2) is 0 Å². The molecule has 0 aromatic carbocycles. The Bertz CT molecular complexity index is 190. The lowest BCUT2D eigenvalue weighted by Gasteiger charge is -2.33. The SMILES string of the molecule is C=C/C=C(\C)N1CCC(OC)CC1. The van der Waals surface area contributed by atoms with Crippen molar-refractivity contribution in [3.05, 3.63) is 24.4 Å². The molecule has 0 atom stereocenters. The van der Waals surface area contributed by atoms with Crippen molar-refractivity contribution in [2.45, 2.75) is 25.9 Å². The molecule has 1 saturated heterocycles. The van der Waals surface area contributed by atoms with Gasteiger partial charge in [0.2, 0.25) is 0 Å². The average molecular weight is 181 g/mol. The lowest BCUT2D eigenvalue weighted by molar-refractivity contribution is 0.0504. The normalized spacial score (nSPS) is 20.5. The number of ether oxygens (including phenoxy) is 1. The van der Waals surface area contributed by atoms with Crippen LogP contribution >= 0.6 is 0 Å². The predicted octanol–water partition coefficient (Wildman–Crippen LogP) is 2.19. The van der Waals surface area contributed by atoms with Crippen LogP contribution in [0.4, 0.5) is 0 Å². The molecule has 0 N–H and O–H groups in total. The molecule has 1 aliphatic rings. The van der Waals surface area contributed by atoms with Gasteiger partial charge >= 0.3 is 0 Å². The predicted molar refractivity (Wildman–Crippen MR) is 55.6 cm³/mol. The van der Waals surface area contributed by atoms with E-state index < -0.39 is 0 Å². The Morgan fingerprint density at radius 1 is 1.46 bits per heavy atom. The van der Waals surface area contributed by atoms with Crippen LogP contribution in [0.1, 0.15) is 19.8 Å². The first-order valence-corrected chi connectivity index (χ1v) is 4.85. The number of likely N-dealkylation sites (tertiary alicyclic amines) is 1. The summed E-state index contributed by atoms with van der Waals surface area (Å²) in [5.74, 6) is 0. The molecule has 0 saturated carbocycles. The van der Waals surface area contributed by atoms with Crippen LogP contribution in [0.2, 0.25) is 0 Å². The summed E-state index contributed by atoms with van der Waals surface area (Å²) < 4.78 is 5.31. The van der Waals surface area contributed by atoms with E-state index in [0.717, 1.165) is 25.9 Å². The van der Waals surface area contributed by atoms with Crippen molar-refractivity contribution in [1.82, 2.24) is 4.90 Å². The molecule has 0 radical (unpaired) electrons. The van der Waals surface area contributed by atoms with Crippen LogP contribution in [-0.4, -0.2) is 31.2 Å². The maximum absolute atomic E-state index is 5.31. The van der Waals surface area contributed by atoms with E-state index in [4.69, 9.17) is 4.74 Å².